The molecule has 1 aromatic heterocycles. The molecule has 0 aliphatic rings. The molecule has 0 unspecified atom stereocenters. The van der Waals surface area contributed by atoms with Gasteiger partial charge in [0.2, 0.25) is 0 Å². The van der Waals surface area contributed by atoms with Crippen LogP contribution < -0.4 is 0 Å². The van der Waals surface area contributed by atoms with Crippen LogP contribution in [0.15, 0.2) is 60.8 Å². The molecule has 4 nitrogen and oxygen atoms in total. The fourth-order valence-corrected chi connectivity index (χ4v) is 3.23. The molecule has 1 N–H and O–H groups in total. The van der Waals surface area contributed by atoms with Crippen LogP contribution in [0.25, 0.3) is 10.9 Å². The lowest BCUT2D eigenvalue weighted by Gasteiger charge is -2.21. The van der Waals surface area contributed by atoms with Crippen LogP contribution in [-0.2, 0) is 11.2 Å². The van der Waals surface area contributed by atoms with Gasteiger partial charge in [0.25, 0.3) is 0 Å². The molecule has 3 rings (SSSR count). The molecule has 0 spiro atoms. The second-order valence-electron chi connectivity index (χ2n) is 6.53. The van der Waals surface area contributed by atoms with Gasteiger partial charge in [-0.3, -0.25) is 9.69 Å². The van der Waals surface area contributed by atoms with Crippen LogP contribution in [0.2, 0.25) is 0 Å². The van der Waals surface area contributed by atoms with Gasteiger partial charge in [0.05, 0.1) is 13.2 Å². The number of ether oxygens (including phenoxy) is 1. The maximum atomic E-state index is 12.8. The van der Waals surface area contributed by atoms with Crippen molar-refractivity contribution in [2.45, 2.75) is 12.8 Å². The summed E-state index contributed by atoms with van der Waals surface area (Å²) in [5.74, 6) is 0.151. The average molecular weight is 350 g/mol. The van der Waals surface area contributed by atoms with Gasteiger partial charge in [-0.25, -0.2) is 0 Å². The van der Waals surface area contributed by atoms with E-state index >= 15 is 0 Å². The number of hydrogen-bond donors (Lipinski definition) is 1. The Labute approximate surface area is 154 Å². The van der Waals surface area contributed by atoms with Crippen LogP contribution in [0.4, 0.5) is 0 Å². The number of aryl methyl sites for hydroxylation is 1. The second-order valence-corrected chi connectivity index (χ2v) is 6.53. The minimum absolute atomic E-state index is 0.151. The van der Waals surface area contributed by atoms with Crippen LogP contribution in [0.3, 0.4) is 0 Å². The lowest BCUT2D eigenvalue weighted by molar-refractivity contribution is 0.0896. The number of nitrogens with one attached hydrogen (secondary N) is 1. The van der Waals surface area contributed by atoms with Gasteiger partial charge in [0.1, 0.15) is 0 Å². The van der Waals surface area contributed by atoms with Crippen LogP contribution in [-0.4, -0.2) is 49.0 Å². The van der Waals surface area contributed by atoms with E-state index in [0.717, 1.165) is 42.4 Å². The molecular weight excluding hydrogens is 324 g/mol. The number of hydrogen-bond acceptors (Lipinski definition) is 3. The van der Waals surface area contributed by atoms with Gasteiger partial charge in [-0.1, -0.05) is 48.5 Å². The molecule has 26 heavy (non-hydrogen) atoms. The normalized spacial score (nSPS) is 11.3. The van der Waals surface area contributed by atoms with Gasteiger partial charge in [0.15, 0.2) is 5.78 Å². The van der Waals surface area contributed by atoms with Crippen molar-refractivity contribution in [2.24, 2.45) is 0 Å². The highest BCUT2D eigenvalue weighted by Gasteiger charge is 2.16. The first-order chi connectivity index (χ1) is 12.8. The molecule has 4 heteroatoms. The minimum atomic E-state index is 0.151. The molecular formula is C22H26N2O2. The summed E-state index contributed by atoms with van der Waals surface area (Å²) in [5.41, 5.74) is 3.11. The third kappa shape index (κ3) is 4.81. The Morgan fingerprint density at radius 3 is 2.62 bits per heavy atom. The van der Waals surface area contributed by atoms with Gasteiger partial charge in [-0.15, -0.1) is 0 Å². The third-order valence-electron chi connectivity index (χ3n) is 4.65. The van der Waals surface area contributed by atoms with Gasteiger partial charge in [0, 0.05) is 36.3 Å². The molecule has 0 amide bonds. The van der Waals surface area contributed by atoms with E-state index in [1.165, 1.54) is 5.56 Å². The van der Waals surface area contributed by atoms with E-state index in [9.17, 15) is 4.79 Å². The summed E-state index contributed by atoms with van der Waals surface area (Å²) >= 11 is 0. The number of methoxy groups -OCH3 is 1. The molecule has 1 heterocycles. The van der Waals surface area contributed by atoms with E-state index in [4.69, 9.17) is 4.74 Å². The van der Waals surface area contributed by atoms with Crippen LogP contribution >= 0.6 is 0 Å². The fourth-order valence-electron chi connectivity index (χ4n) is 3.23. The van der Waals surface area contributed by atoms with Crippen molar-refractivity contribution in [3.63, 3.8) is 0 Å². The summed E-state index contributed by atoms with van der Waals surface area (Å²) in [6, 6.07) is 18.4. The van der Waals surface area contributed by atoms with Crippen molar-refractivity contribution >= 4 is 16.7 Å². The number of fused-ring (bicyclic) bond motifs is 1. The van der Waals surface area contributed by atoms with E-state index in [2.05, 4.69) is 34.1 Å². The maximum absolute atomic E-state index is 12.8. The lowest BCUT2D eigenvalue weighted by atomic mass is 10.1. The van der Waals surface area contributed by atoms with Crippen molar-refractivity contribution in [2.75, 3.05) is 33.4 Å². The summed E-state index contributed by atoms with van der Waals surface area (Å²) < 4.78 is 5.22. The summed E-state index contributed by atoms with van der Waals surface area (Å²) in [6.07, 6.45) is 3.87. The number of rotatable bonds is 10. The molecule has 0 saturated heterocycles. The van der Waals surface area contributed by atoms with E-state index in [0.29, 0.717) is 13.2 Å². The first kappa shape index (κ1) is 18.4. The Morgan fingerprint density at radius 1 is 1.04 bits per heavy atom. The molecule has 0 aliphatic carbocycles. The first-order valence-corrected chi connectivity index (χ1v) is 9.12. The largest absolute Gasteiger partial charge is 0.383 e. The fraction of sp³-hybridized carbons (Fsp3) is 0.318. The Bertz CT molecular complexity index is 826. The van der Waals surface area contributed by atoms with Crippen molar-refractivity contribution in [1.29, 1.82) is 0 Å². The maximum Gasteiger partial charge on any atom is 0.178 e. The number of aromatic nitrogens is 1. The summed E-state index contributed by atoms with van der Waals surface area (Å²) in [7, 11) is 1.70. The monoisotopic (exact) mass is 350 g/mol. The molecule has 0 fully saturated rings. The standard InChI is InChI=1S/C22H26N2O2/c1-26-15-14-24(13-7-10-18-8-3-2-4-9-18)17-22(25)20-16-23-21-12-6-5-11-19(20)21/h2-6,8-9,11-12,16,23H,7,10,13-15,17H2,1H3. The highest BCUT2D eigenvalue weighted by Crippen LogP contribution is 2.18. The zero-order valence-electron chi connectivity index (χ0n) is 15.3. The lowest BCUT2D eigenvalue weighted by Crippen LogP contribution is -2.33. The summed E-state index contributed by atoms with van der Waals surface area (Å²) in [6.45, 7) is 2.69. The number of carbonyl (C=O) groups excluding carboxylic acids is 1. The second kappa shape index (κ2) is 9.32. The Balaban J connectivity index is 1.60. The number of aromatic amines is 1. The Kier molecular flexibility index (Phi) is 6.58. The molecule has 0 saturated carbocycles. The van der Waals surface area contributed by atoms with E-state index in [1.54, 1.807) is 7.11 Å². The van der Waals surface area contributed by atoms with Crippen molar-refractivity contribution in [3.8, 4) is 0 Å². The SMILES string of the molecule is COCCN(CCCc1ccccc1)CC(=O)c1c[nH]c2ccccc12. The number of para-hydroxylation sites is 1. The van der Waals surface area contributed by atoms with Crippen molar-refractivity contribution < 1.29 is 9.53 Å². The molecule has 136 valence electrons. The molecule has 0 aliphatic heterocycles. The molecule has 0 bridgehead atoms. The van der Waals surface area contributed by atoms with Crippen molar-refractivity contribution in [3.05, 3.63) is 71.9 Å². The summed E-state index contributed by atoms with van der Waals surface area (Å²) in [4.78, 5) is 18.2. The average Bonchev–Trinajstić information content (AvgIpc) is 3.11. The quantitative estimate of drug-likeness (QED) is 0.564. The highest BCUT2D eigenvalue weighted by atomic mass is 16.5. The zero-order chi connectivity index (χ0) is 18.2. The Morgan fingerprint density at radius 2 is 1.81 bits per heavy atom. The smallest absolute Gasteiger partial charge is 0.178 e. The predicted molar refractivity (Wildman–Crippen MR) is 106 cm³/mol. The minimum Gasteiger partial charge on any atom is -0.383 e. The molecule has 2 aromatic carbocycles. The highest BCUT2D eigenvalue weighted by molar-refractivity contribution is 6.08. The van der Waals surface area contributed by atoms with E-state index < -0.39 is 0 Å². The van der Waals surface area contributed by atoms with Crippen LogP contribution in [0, 0.1) is 0 Å². The first-order valence-electron chi connectivity index (χ1n) is 9.12. The zero-order valence-corrected chi connectivity index (χ0v) is 15.3. The van der Waals surface area contributed by atoms with Gasteiger partial charge < -0.3 is 9.72 Å². The van der Waals surface area contributed by atoms with Crippen LogP contribution in [0.1, 0.15) is 22.3 Å². The predicted octanol–water partition coefficient (Wildman–Crippen LogP) is 3.93. The number of H-pyrrole nitrogens is 1. The third-order valence-corrected chi connectivity index (χ3v) is 4.65. The summed E-state index contributed by atoms with van der Waals surface area (Å²) in [5, 5.41) is 0.994. The van der Waals surface area contributed by atoms with E-state index in [1.807, 2.05) is 36.5 Å². The Hall–Kier alpha value is -2.43. The number of ketones is 1. The number of benzene rings is 2. The van der Waals surface area contributed by atoms with Crippen molar-refractivity contribution in [1.82, 2.24) is 9.88 Å². The number of carbonyl (C=O) groups is 1. The number of Topliss-reactive ketones (excluding diaryl/α,β-unsaturated/α-hetero) is 1. The molecule has 0 atom stereocenters. The molecule has 3 aromatic rings. The molecule has 0 radical (unpaired) electrons. The van der Waals surface area contributed by atoms with Gasteiger partial charge in [-0.2, -0.15) is 0 Å². The van der Waals surface area contributed by atoms with Gasteiger partial charge in [-0.05, 0) is 31.0 Å². The van der Waals surface area contributed by atoms with Gasteiger partial charge >= 0.3 is 0 Å². The van der Waals surface area contributed by atoms with Crippen LogP contribution in [0.5, 0.6) is 0 Å². The topological polar surface area (TPSA) is 45.3 Å². The van der Waals surface area contributed by atoms with E-state index in [-0.39, 0.29) is 5.78 Å². The number of nitrogens with zero attached hydrogens (tertiary/aromatic N) is 1.